The molecule has 0 bridgehead atoms. The van der Waals surface area contributed by atoms with E-state index in [1.54, 1.807) is 12.1 Å². The minimum absolute atomic E-state index is 0.163. The van der Waals surface area contributed by atoms with Crippen LogP contribution in [0.3, 0.4) is 0 Å². The Morgan fingerprint density at radius 2 is 1.76 bits per heavy atom. The van der Waals surface area contributed by atoms with Crippen molar-refractivity contribution < 1.29 is 4.79 Å². The summed E-state index contributed by atoms with van der Waals surface area (Å²) < 4.78 is 0. The molecule has 0 spiro atoms. The fourth-order valence-electron chi connectivity index (χ4n) is 2.65. The molecule has 3 rings (SSSR count). The van der Waals surface area contributed by atoms with Crippen molar-refractivity contribution in [3.8, 4) is 0 Å². The maximum Gasteiger partial charge on any atom is 0.246 e. The van der Waals surface area contributed by atoms with Crippen LogP contribution in [0, 0.1) is 20.8 Å². The van der Waals surface area contributed by atoms with Crippen LogP contribution in [0.2, 0.25) is 5.02 Å². The van der Waals surface area contributed by atoms with E-state index < -0.39 is 6.04 Å². The molecule has 2 aromatic carbocycles. The molecule has 25 heavy (non-hydrogen) atoms. The summed E-state index contributed by atoms with van der Waals surface area (Å²) in [6.07, 6.45) is -0.304. The second-order valence-corrected chi connectivity index (χ2v) is 6.70. The van der Waals surface area contributed by atoms with Crippen molar-refractivity contribution in [2.24, 2.45) is 0 Å². The summed E-state index contributed by atoms with van der Waals surface area (Å²) in [5, 5.41) is 6.84. The van der Waals surface area contributed by atoms with Gasteiger partial charge in [-0.25, -0.2) is 10.9 Å². The van der Waals surface area contributed by atoms with E-state index in [0.717, 1.165) is 11.3 Å². The Bertz CT molecular complexity index is 795. The summed E-state index contributed by atoms with van der Waals surface area (Å²) in [5.74, 6) is -0.163. The number of carbonyl (C=O) groups is 1. The molecule has 1 amide bonds. The summed E-state index contributed by atoms with van der Waals surface area (Å²) in [6, 6.07) is 11.0. The SMILES string of the molecule is Cc1ccc(NC2NNNC2C(=O)Nc2cc(Cl)ccc2C)cc1C. The van der Waals surface area contributed by atoms with Crippen LogP contribution >= 0.6 is 11.6 Å². The van der Waals surface area contributed by atoms with Crippen molar-refractivity contribution in [1.29, 1.82) is 0 Å². The van der Waals surface area contributed by atoms with Crippen molar-refractivity contribution in [2.45, 2.75) is 33.0 Å². The van der Waals surface area contributed by atoms with Crippen LogP contribution in [0.1, 0.15) is 16.7 Å². The molecule has 5 N–H and O–H groups in total. The topological polar surface area (TPSA) is 77.2 Å². The van der Waals surface area contributed by atoms with Gasteiger partial charge in [-0.3, -0.25) is 4.79 Å². The standard InChI is InChI=1S/C18H22ClN5O/c1-10-5-7-14(8-12(10)3)20-17-16(22-24-23-17)18(25)21-15-9-13(19)6-4-11(15)2/h4-9,16-17,20,22-24H,1-3H3,(H,21,25). The lowest BCUT2D eigenvalue weighted by molar-refractivity contribution is -0.118. The van der Waals surface area contributed by atoms with Gasteiger partial charge in [0.15, 0.2) is 0 Å². The molecule has 0 aliphatic carbocycles. The van der Waals surface area contributed by atoms with Crippen LogP contribution < -0.4 is 27.0 Å². The van der Waals surface area contributed by atoms with E-state index in [9.17, 15) is 4.79 Å². The first-order valence-electron chi connectivity index (χ1n) is 8.11. The number of anilines is 2. The second kappa shape index (κ2) is 7.41. The third kappa shape index (κ3) is 4.11. The second-order valence-electron chi connectivity index (χ2n) is 6.26. The highest BCUT2D eigenvalue weighted by Gasteiger charge is 2.33. The normalized spacial score (nSPS) is 19.7. The third-order valence-electron chi connectivity index (χ3n) is 4.36. The van der Waals surface area contributed by atoms with Crippen LogP contribution in [0.4, 0.5) is 11.4 Å². The van der Waals surface area contributed by atoms with Crippen LogP contribution in [0.15, 0.2) is 36.4 Å². The summed E-state index contributed by atoms with van der Waals surface area (Å²) in [5.41, 5.74) is 13.8. The first-order valence-corrected chi connectivity index (χ1v) is 8.49. The summed E-state index contributed by atoms with van der Waals surface area (Å²) >= 11 is 6.02. The summed E-state index contributed by atoms with van der Waals surface area (Å²) in [7, 11) is 0. The molecule has 1 aliphatic heterocycles. The molecule has 1 fully saturated rings. The molecule has 1 heterocycles. The van der Waals surface area contributed by atoms with E-state index >= 15 is 0 Å². The molecule has 7 heteroatoms. The van der Waals surface area contributed by atoms with Gasteiger partial charge in [0.1, 0.15) is 12.2 Å². The summed E-state index contributed by atoms with van der Waals surface area (Å²) in [6.45, 7) is 6.06. The zero-order valence-corrected chi connectivity index (χ0v) is 15.2. The molecule has 132 valence electrons. The van der Waals surface area contributed by atoms with Gasteiger partial charge in [0.05, 0.1) is 0 Å². The highest BCUT2D eigenvalue weighted by Crippen LogP contribution is 2.21. The zero-order chi connectivity index (χ0) is 18.0. The number of hydrogen-bond acceptors (Lipinski definition) is 5. The maximum atomic E-state index is 12.7. The largest absolute Gasteiger partial charge is 0.367 e. The van der Waals surface area contributed by atoms with E-state index in [2.05, 4.69) is 53.0 Å². The average Bonchev–Trinajstić information content (AvgIpc) is 3.02. The fraction of sp³-hybridized carbons (Fsp3) is 0.278. The quantitative estimate of drug-likeness (QED) is 0.580. The Labute approximate surface area is 152 Å². The fourth-order valence-corrected chi connectivity index (χ4v) is 2.82. The molecule has 0 aromatic heterocycles. The predicted molar refractivity (Wildman–Crippen MR) is 101 cm³/mol. The van der Waals surface area contributed by atoms with E-state index in [1.807, 2.05) is 19.1 Å². The Morgan fingerprint density at radius 1 is 1.00 bits per heavy atom. The molecular weight excluding hydrogens is 338 g/mol. The highest BCUT2D eigenvalue weighted by molar-refractivity contribution is 6.31. The van der Waals surface area contributed by atoms with Gasteiger partial charge >= 0.3 is 0 Å². The average molecular weight is 360 g/mol. The number of rotatable bonds is 4. The number of hydrogen-bond donors (Lipinski definition) is 5. The Kier molecular flexibility index (Phi) is 5.24. The number of halogens is 1. The molecule has 2 aromatic rings. The number of amides is 1. The van der Waals surface area contributed by atoms with Gasteiger partial charge in [-0.15, -0.1) is 0 Å². The van der Waals surface area contributed by atoms with Crippen molar-refractivity contribution in [2.75, 3.05) is 10.6 Å². The lowest BCUT2D eigenvalue weighted by Gasteiger charge is -2.21. The van der Waals surface area contributed by atoms with Crippen LogP contribution in [0.25, 0.3) is 0 Å². The minimum atomic E-state index is -0.500. The van der Waals surface area contributed by atoms with Crippen molar-refractivity contribution in [3.05, 3.63) is 58.1 Å². The van der Waals surface area contributed by atoms with E-state index in [-0.39, 0.29) is 12.1 Å². The molecule has 2 atom stereocenters. The Balaban J connectivity index is 1.71. The van der Waals surface area contributed by atoms with Gasteiger partial charge in [-0.1, -0.05) is 23.7 Å². The first kappa shape index (κ1) is 17.7. The van der Waals surface area contributed by atoms with Crippen molar-refractivity contribution in [1.82, 2.24) is 16.4 Å². The van der Waals surface area contributed by atoms with Crippen molar-refractivity contribution >= 4 is 28.9 Å². The third-order valence-corrected chi connectivity index (χ3v) is 4.59. The lowest BCUT2D eigenvalue weighted by Crippen LogP contribution is -2.48. The molecule has 1 saturated heterocycles. The van der Waals surface area contributed by atoms with Gasteiger partial charge < -0.3 is 10.6 Å². The van der Waals surface area contributed by atoms with Gasteiger partial charge in [-0.05, 0) is 61.7 Å². The Hall–Kier alpha value is -2.12. The number of carbonyl (C=O) groups excluding carboxylic acids is 1. The van der Waals surface area contributed by atoms with Gasteiger partial charge in [0.2, 0.25) is 5.91 Å². The van der Waals surface area contributed by atoms with E-state index in [1.165, 1.54) is 11.1 Å². The van der Waals surface area contributed by atoms with Gasteiger partial charge in [0.25, 0.3) is 0 Å². The molecule has 0 saturated carbocycles. The molecular formula is C18H22ClN5O. The van der Waals surface area contributed by atoms with Gasteiger partial charge in [-0.2, -0.15) is 5.53 Å². The molecule has 0 radical (unpaired) electrons. The van der Waals surface area contributed by atoms with Crippen LogP contribution in [0.5, 0.6) is 0 Å². The number of nitrogens with one attached hydrogen (secondary N) is 5. The highest BCUT2D eigenvalue weighted by atomic mass is 35.5. The number of hydrazine groups is 2. The van der Waals surface area contributed by atoms with Crippen molar-refractivity contribution in [3.63, 3.8) is 0 Å². The Morgan fingerprint density at radius 3 is 2.52 bits per heavy atom. The number of aryl methyl sites for hydroxylation is 3. The first-order chi connectivity index (χ1) is 11.9. The maximum absolute atomic E-state index is 12.7. The molecule has 6 nitrogen and oxygen atoms in total. The zero-order valence-electron chi connectivity index (χ0n) is 14.4. The molecule has 1 aliphatic rings. The van der Waals surface area contributed by atoms with Crippen LogP contribution in [-0.2, 0) is 4.79 Å². The predicted octanol–water partition coefficient (Wildman–Crippen LogP) is 2.62. The monoisotopic (exact) mass is 359 g/mol. The van der Waals surface area contributed by atoms with E-state index in [0.29, 0.717) is 10.7 Å². The smallest absolute Gasteiger partial charge is 0.246 e. The number of benzene rings is 2. The lowest BCUT2D eigenvalue weighted by atomic mass is 10.1. The summed E-state index contributed by atoms with van der Waals surface area (Å²) in [4.78, 5) is 12.7. The minimum Gasteiger partial charge on any atom is -0.367 e. The van der Waals surface area contributed by atoms with Crippen LogP contribution in [-0.4, -0.2) is 18.1 Å². The van der Waals surface area contributed by atoms with Gasteiger partial charge in [0, 0.05) is 16.4 Å². The molecule has 2 unspecified atom stereocenters. The van der Waals surface area contributed by atoms with E-state index in [4.69, 9.17) is 11.6 Å².